The number of hydrazine groups is 1. The molecule has 212 valence electrons. The lowest BCUT2D eigenvalue weighted by atomic mass is 10.0. The number of thioether (sulfide) groups is 1. The van der Waals surface area contributed by atoms with Crippen LogP contribution in [0.2, 0.25) is 0 Å². The molecule has 0 spiro atoms. The summed E-state index contributed by atoms with van der Waals surface area (Å²) in [5.74, 6) is -0.760. The Kier molecular flexibility index (Phi) is 8.81. The van der Waals surface area contributed by atoms with E-state index in [0.29, 0.717) is 47.9 Å². The Morgan fingerprint density at radius 1 is 1.05 bits per heavy atom. The van der Waals surface area contributed by atoms with Gasteiger partial charge in [0.1, 0.15) is 11.6 Å². The molecule has 2 amide bonds. The highest BCUT2D eigenvalue weighted by Crippen LogP contribution is 2.46. The molecule has 9 nitrogen and oxygen atoms in total. The van der Waals surface area contributed by atoms with Crippen LogP contribution in [0.5, 0.6) is 5.75 Å². The molecule has 4 aliphatic heterocycles. The highest BCUT2D eigenvalue weighted by atomic mass is 32.2. The molecule has 0 N–H and O–H groups in total. The summed E-state index contributed by atoms with van der Waals surface area (Å²) < 4.78 is 34.6. The first-order valence-electron chi connectivity index (χ1n) is 13.8. The van der Waals surface area contributed by atoms with Crippen LogP contribution < -0.4 is 4.74 Å². The number of rotatable bonds is 4. The van der Waals surface area contributed by atoms with Crippen molar-refractivity contribution in [1.82, 2.24) is 19.6 Å². The number of amidine groups is 1. The van der Waals surface area contributed by atoms with Crippen molar-refractivity contribution in [3.05, 3.63) is 34.5 Å². The average molecular weight is 578 g/mol. The Morgan fingerprint density at radius 2 is 1.74 bits per heavy atom. The first-order chi connectivity index (χ1) is 18.7. The van der Waals surface area contributed by atoms with Gasteiger partial charge in [0, 0.05) is 51.1 Å². The molecule has 4 aliphatic rings. The van der Waals surface area contributed by atoms with E-state index in [1.807, 2.05) is 9.79 Å². The second kappa shape index (κ2) is 12.1. The molecule has 0 aromatic heterocycles. The monoisotopic (exact) mass is 577 g/mol. The molecule has 0 bridgehead atoms. The molecular formula is C27H37FN5O4PS. The minimum Gasteiger partial charge on any atom is -0.410 e. The fourth-order valence-corrected chi connectivity index (χ4v) is 7.99. The largest absolute Gasteiger partial charge is 0.415 e. The molecule has 0 atom stereocenters. The van der Waals surface area contributed by atoms with E-state index >= 15 is 0 Å². The van der Waals surface area contributed by atoms with Crippen molar-refractivity contribution >= 4 is 42.3 Å². The van der Waals surface area contributed by atoms with Crippen LogP contribution in [0.3, 0.4) is 0 Å². The fraction of sp³-hybridized carbons (Fsp3) is 0.593. The van der Waals surface area contributed by atoms with Crippen LogP contribution in [0.4, 0.5) is 9.18 Å². The molecular weight excluding hydrogens is 540 g/mol. The van der Waals surface area contributed by atoms with Crippen molar-refractivity contribution in [2.45, 2.75) is 51.0 Å². The van der Waals surface area contributed by atoms with E-state index < -0.39 is 25.1 Å². The Morgan fingerprint density at radius 3 is 2.46 bits per heavy atom. The van der Waals surface area contributed by atoms with Crippen LogP contribution in [0.1, 0.15) is 50.5 Å². The van der Waals surface area contributed by atoms with Crippen molar-refractivity contribution in [3.8, 4) is 5.75 Å². The zero-order valence-electron chi connectivity index (χ0n) is 22.7. The van der Waals surface area contributed by atoms with Crippen LogP contribution in [-0.4, -0.2) is 95.4 Å². The summed E-state index contributed by atoms with van der Waals surface area (Å²) in [6, 6.07) is 4.42. The standard InChI is InChI=1S/C27H37FN5O4PS/c1-38(2,36)33-15-7-6-14-32(33)26-29-25(34)24(39-26)19-20-18-21(28)8-9-23(20)37-27(35)31-16-10-22(11-17-31)30-12-4-3-5-13-30/h8-9,18-19,22H,3-7,10-17H2,1-2H3/b24-19-. The third kappa shape index (κ3) is 6.76. The number of amides is 2. The number of benzene rings is 1. The maximum atomic E-state index is 14.2. The molecule has 0 aliphatic carbocycles. The summed E-state index contributed by atoms with van der Waals surface area (Å²) in [6.45, 7) is 8.17. The van der Waals surface area contributed by atoms with Gasteiger partial charge in [-0.3, -0.25) is 9.80 Å². The number of aliphatic imine (C=N–C) groups is 1. The van der Waals surface area contributed by atoms with E-state index in [0.717, 1.165) is 50.5 Å². The number of halogens is 1. The van der Waals surface area contributed by atoms with Crippen LogP contribution in [0.15, 0.2) is 28.1 Å². The summed E-state index contributed by atoms with van der Waals surface area (Å²) in [5.41, 5.74) is 0.297. The van der Waals surface area contributed by atoms with Gasteiger partial charge in [0.2, 0.25) is 0 Å². The number of carbonyl (C=O) groups excluding carboxylic acids is 2. The summed E-state index contributed by atoms with van der Waals surface area (Å²) >= 11 is 1.16. The van der Waals surface area contributed by atoms with Gasteiger partial charge in [-0.1, -0.05) is 6.42 Å². The maximum Gasteiger partial charge on any atom is 0.415 e. The molecule has 3 saturated heterocycles. The van der Waals surface area contributed by atoms with Gasteiger partial charge in [-0.25, -0.2) is 9.18 Å². The van der Waals surface area contributed by atoms with Crippen molar-refractivity contribution in [1.29, 1.82) is 0 Å². The van der Waals surface area contributed by atoms with E-state index in [-0.39, 0.29) is 5.75 Å². The Hall–Kier alpha value is -2.20. The summed E-state index contributed by atoms with van der Waals surface area (Å²) in [4.78, 5) is 34.6. The fourth-order valence-electron chi connectivity index (χ4n) is 5.68. The molecule has 1 aromatic carbocycles. The first-order valence-corrected chi connectivity index (χ1v) is 17.2. The van der Waals surface area contributed by atoms with Crippen LogP contribution >= 0.6 is 19.1 Å². The van der Waals surface area contributed by atoms with Crippen LogP contribution in [0, 0.1) is 5.82 Å². The maximum absolute atomic E-state index is 14.2. The lowest BCUT2D eigenvalue weighted by molar-refractivity contribution is -0.113. The molecule has 12 heteroatoms. The van der Waals surface area contributed by atoms with Gasteiger partial charge in [0.05, 0.1) is 4.91 Å². The summed E-state index contributed by atoms with van der Waals surface area (Å²) in [6.07, 6.45) is 8.49. The van der Waals surface area contributed by atoms with Crippen molar-refractivity contribution in [3.63, 3.8) is 0 Å². The third-order valence-corrected chi connectivity index (χ3v) is 10.3. The van der Waals surface area contributed by atoms with Gasteiger partial charge in [-0.15, -0.1) is 0 Å². The quantitative estimate of drug-likeness (QED) is 0.361. The van der Waals surface area contributed by atoms with E-state index in [4.69, 9.17) is 4.74 Å². The molecule has 0 radical (unpaired) electrons. The predicted molar refractivity (Wildman–Crippen MR) is 153 cm³/mol. The number of hydrogen-bond acceptors (Lipinski definition) is 7. The second-order valence-electron chi connectivity index (χ2n) is 10.9. The average Bonchev–Trinajstić information content (AvgIpc) is 3.30. The van der Waals surface area contributed by atoms with Gasteiger partial charge in [0.15, 0.2) is 12.5 Å². The van der Waals surface area contributed by atoms with Gasteiger partial charge >= 0.3 is 6.09 Å². The Balaban J connectivity index is 1.26. The summed E-state index contributed by atoms with van der Waals surface area (Å²) in [7, 11) is -2.59. The predicted octanol–water partition coefficient (Wildman–Crippen LogP) is 5.10. The van der Waals surface area contributed by atoms with E-state index in [1.165, 1.54) is 43.5 Å². The zero-order chi connectivity index (χ0) is 27.6. The van der Waals surface area contributed by atoms with Gasteiger partial charge in [-0.05, 0) is 87.7 Å². The van der Waals surface area contributed by atoms with Crippen molar-refractivity contribution in [2.75, 3.05) is 52.6 Å². The number of carbonyl (C=O) groups is 2. The smallest absolute Gasteiger partial charge is 0.410 e. The Bertz CT molecular complexity index is 1210. The van der Waals surface area contributed by atoms with E-state index in [1.54, 1.807) is 18.2 Å². The number of hydrogen-bond donors (Lipinski definition) is 0. The van der Waals surface area contributed by atoms with Crippen molar-refractivity contribution in [2.24, 2.45) is 4.99 Å². The Labute approximate surface area is 233 Å². The highest BCUT2D eigenvalue weighted by Gasteiger charge is 2.36. The molecule has 0 saturated carbocycles. The van der Waals surface area contributed by atoms with Gasteiger partial charge < -0.3 is 19.1 Å². The minimum absolute atomic E-state index is 0.195. The lowest BCUT2D eigenvalue weighted by Gasteiger charge is -2.41. The summed E-state index contributed by atoms with van der Waals surface area (Å²) in [5, 5.41) is 2.29. The van der Waals surface area contributed by atoms with E-state index in [2.05, 4.69) is 9.89 Å². The molecule has 39 heavy (non-hydrogen) atoms. The van der Waals surface area contributed by atoms with Gasteiger partial charge in [-0.2, -0.15) is 9.77 Å². The lowest BCUT2D eigenvalue weighted by Crippen LogP contribution is -2.48. The number of ether oxygens (including phenoxy) is 1. The number of nitrogens with zero attached hydrogens (tertiary/aromatic N) is 5. The normalized spacial score (nSPS) is 23.4. The van der Waals surface area contributed by atoms with Gasteiger partial charge in [0.25, 0.3) is 5.91 Å². The molecule has 3 fully saturated rings. The van der Waals surface area contributed by atoms with Crippen LogP contribution in [0.25, 0.3) is 6.08 Å². The number of likely N-dealkylation sites (tertiary alicyclic amines) is 2. The third-order valence-electron chi connectivity index (χ3n) is 7.73. The minimum atomic E-state index is -2.59. The zero-order valence-corrected chi connectivity index (χ0v) is 24.4. The topological polar surface area (TPSA) is 85.8 Å². The first kappa shape index (κ1) is 28.3. The molecule has 1 aromatic rings. The van der Waals surface area contributed by atoms with Crippen molar-refractivity contribution < 1.29 is 23.3 Å². The van der Waals surface area contributed by atoms with Crippen LogP contribution in [-0.2, 0) is 9.36 Å². The van der Waals surface area contributed by atoms with E-state index in [9.17, 15) is 18.5 Å². The SMILES string of the molecule is CP(C)(=O)N1CCCCN1C1=NC(=O)/C(=C/c2cc(F)ccc2OC(=O)N2CCC(N3CCCCC3)CC2)S1. The molecule has 5 rings (SSSR count). The molecule has 4 heterocycles. The second-order valence-corrected chi connectivity index (χ2v) is 15.0. The highest BCUT2D eigenvalue weighted by molar-refractivity contribution is 8.18. The number of piperidine rings is 2. The molecule has 0 unspecified atom stereocenters.